The molecule has 3 atom stereocenters. The molecule has 2 aromatic carbocycles. The van der Waals surface area contributed by atoms with Crippen LogP contribution in [-0.2, 0) is 6.54 Å². The first-order chi connectivity index (χ1) is 11.6. The van der Waals surface area contributed by atoms with Gasteiger partial charge in [-0.3, -0.25) is 0 Å². The van der Waals surface area contributed by atoms with Gasteiger partial charge in [-0.2, -0.15) is 0 Å². The van der Waals surface area contributed by atoms with Gasteiger partial charge < -0.3 is 15.2 Å². The zero-order valence-electron chi connectivity index (χ0n) is 14.5. The van der Waals surface area contributed by atoms with Gasteiger partial charge in [-0.05, 0) is 50.3 Å². The van der Waals surface area contributed by atoms with Crippen molar-refractivity contribution in [3.63, 3.8) is 0 Å². The minimum Gasteiger partial charge on any atom is -0.487 e. The van der Waals surface area contributed by atoms with Crippen molar-refractivity contribution >= 4 is 0 Å². The van der Waals surface area contributed by atoms with E-state index in [1.807, 2.05) is 31.2 Å². The summed E-state index contributed by atoms with van der Waals surface area (Å²) >= 11 is 0. The predicted octanol–water partition coefficient (Wildman–Crippen LogP) is 3.75. The Hall–Kier alpha value is -1.84. The molecule has 0 aromatic heterocycles. The van der Waals surface area contributed by atoms with E-state index >= 15 is 0 Å². The molecule has 0 aliphatic heterocycles. The summed E-state index contributed by atoms with van der Waals surface area (Å²) in [6.07, 6.45) is 2.33. The molecule has 1 saturated carbocycles. The molecule has 2 aromatic rings. The van der Waals surface area contributed by atoms with Crippen molar-refractivity contribution < 1.29 is 9.84 Å². The van der Waals surface area contributed by atoms with Gasteiger partial charge in [-0.1, -0.05) is 48.0 Å². The van der Waals surface area contributed by atoms with E-state index in [4.69, 9.17) is 4.74 Å². The summed E-state index contributed by atoms with van der Waals surface area (Å²) < 4.78 is 6.11. The second kappa shape index (κ2) is 7.82. The van der Waals surface area contributed by atoms with E-state index in [1.165, 1.54) is 11.1 Å². The fourth-order valence-corrected chi connectivity index (χ4v) is 3.30. The molecule has 0 radical (unpaired) electrons. The van der Waals surface area contributed by atoms with Crippen LogP contribution >= 0.6 is 0 Å². The minimum atomic E-state index is -0.483. The van der Waals surface area contributed by atoms with Gasteiger partial charge in [-0.15, -0.1) is 0 Å². The summed E-state index contributed by atoms with van der Waals surface area (Å²) in [4.78, 5) is 0. The predicted molar refractivity (Wildman–Crippen MR) is 97.3 cm³/mol. The molecule has 128 valence electrons. The maximum Gasteiger partial charge on any atom is 0.126 e. The lowest BCUT2D eigenvalue weighted by molar-refractivity contribution is -0.0160. The van der Waals surface area contributed by atoms with Crippen molar-refractivity contribution in [1.29, 1.82) is 0 Å². The Bertz CT molecular complexity index is 653. The van der Waals surface area contributed by atoms with Crippen LogP contribution in [-0.4, -0.2) is 23.4 Å². The highest BCUT2D eigenvalue weighted by atomic mass is 16.5. The number of aliphatic hydroxyl groups excluding tert-OH is 1. The molecule has 3 heteroatoms. The molecule has 0 bridgehead atoms. The van der Waals surface area contributed by atoms with Crippen molar-refractivity contribution in [3.8, 4) is 5.75 Å². The van der Waals surface area contributed by atoms with Gasteiger partial charge in [0.1, 0.15) is 18.0 Å². The number of benzene rings is 2. The third-order valence-corrected chi connectivity index (χ3v) is 4.86. The molecule has 0 unspecified atom stereocenters. The molecule has 24 heavy (non-hydrogen) atoms. The fourth-order valence-electron chi connectivity index (χ4n) is 3.30. The zero-order valence-corrected chi connectivity index (χ0v) is 14.5. The first kappa shape index (κ1) is 17.0. The Balaban J connectivity index is 1.59. The van der Waals surface area contributed by atoms with Gasteiger partial charge in [-0.25, -0.2) is 0 Å². The summed E-state index contributed by atoms with van der Waals surface area (Å²) in [5.41, 5.74) is 3.62. The van der Waals surface area contributed by atoms with Gasteiger partial charge in [0.25, 0.3) is 0 Å². The van der Waals surface area contributed by atoms with Crippen molar-refractivity contribution in [2.75, 3.05) is 0 Å². The monoisotopic (exact) mass is 325 g/mol. The van der Waals surface area contributed by atoms with E-state index in [0.29, 0.717) is 0 Å². The summed E-state index contributed by atoms with van der Waals surface area (Å²) in [6, 6.07) is 16.6. The topological polar surface area (TPSA) is 41.5 Å². The highest BCUT2D eigenvalue weighted by molar-refractivity contribution is 5.32. The Morgan fingerprint density at radius 2 is 1.79 bits per heavy atom. The standard InChI is InChI=1S/C21H27NO2/c1-15-10-12-17(13-11-15)14-22-18-7-5-9-20(21(18)23)24-19-8-4-3-6-16(19)2/h3-4,6,8,10-13,18,20-23H,5,7,9,14H2,1-2H3/t18-,20+,21+/m0/s1. The minimum absolute atomic E-state index is 0.0778. The van der Waals surface area contributed by atoms with Gasteiger partial charge in [0, 0.05) is 12.6 Å². The van der Waals surface area contributed by atoms with E-state index in [0.717, 1.165) is 37.1 Å². The van der Waals surface area contributed by atoms with Crippen LogP contribution in [0.3, 0.4) is 0 Å². The number of hydrogen-bond donors (Lipinski definition) is 2. The van der Waals surface area contributed by atoms with Crippen molar-refractivity contribution in [2.24, 2.45) is 0 Å². The number of aliphatic hydroxyl groups is 1. The van der Waals surface area contributed by atoms with Crippen LogP contribution < -0.4 is 10.1 Å². The molecule has 1 aliphatic rings. The average Bonchev–Trinajstić information content (AvgIpc) is 2.59. The average molecular weight is 325 g/mol. The maximum atomic E-state index is 10.7. The molecule has 0 spiro atoms. The Morgan fingerprint density at radius 3 is 2.54 bits per heavy atom. The van der Waals surface area contributed by atoms with Gasteiger partial charge in [0.2, 0.25) is 0 Å². The largest absolute Gasteiger partial charge is 0.487 e. The third-order valence-electron chi connectivity index (χ3n) is 4.86. The summed E-state index contributed by atoms with van der Waals surface area (Å²) in [6.45, 7) is 4.91. The highest BCUT2D eigenvalue weighted by Gasteiger charge is 2.33. The van der Waals surface area contributed by atoms with Crippen LogP contribution in [0.25, 0.3) is 0 Å². The third kappa shape index (κ3) is 4.16. The van der Waals surface area contributed by atoms with E-state index < -0.39 is 6.10 Å². The van der Waals surface area contributed by atoms with E-state index in [1.54, 1.807) is 0 Å². The van der Waals surface area contributed by atoms with Crippen molar-refractivity contribution in [2.45, 2.75) is 57.9 Å². The number of hydrogen-bond acceptors (Lipinski definition) is 3. The number of para-hydroxylation sites is 1. The molecule has 0 heterocycles. The Morgan fingerprint density at radius 1 is 1.04 bits per heavy atom. The summed E-state index contributed by atoms with van der Waals surface area (Å²) in [5.74, 6) is 0.876. The van der Waals surface area contributed by atoms with Crippen LogP contribution in [0.15, 0.2) is 48.5 Å². The fraction of sp³-hybridized carbons (Fsp3) is 0.429. The lowest BCUT2D eigenvalue weighted by Gasteiger charge is -2.35. The number of rotatable bonds is 5. The first-order valence-corrected chi connectivity index (χ1v) is 8.83. The molecule has 0 saturated heterocycles. The summed E-state index contributed by atoms with van der Waals surface area (Å²) in [7, 11) is 0. The first-order valence-electron chi connectivity index (χ1n) is 8.83. The van der Waals surface area contributed by atoms with Gasteiger partial charge >= 0.3 is 0 Å². The Kier molecular flexibility index (Phi) is 5.54. The van der Waals surface area contributed by atoms with Crippen LogP contribution in [0.1, 0.15) is 36.0 Å². The molecule has 0 amide bonds. The number of aryl methyl sites for hydroxylation is 2. The lowest BCUT2D eigenvalue weighted by atomic mass is 9.89. The summed E-state index contributed by atoms with van der Waals surface area (Å²) in [5, 5.41) is 14.2. The van der Waals surface area contributed by atoms with Crippen LogP contribution in [0.2, 0.25) is 0 Å². The molecule has 3 rings (SSSR count). The second-order valence-electron chi connectivity index (χ2n) is 6.82. The van der Waals surface area contributed by atoms with E-state index in [9.17, 15) is 5.11 Å². The molecule has 1 fully saturated rings. The highest BCUT2D eigenvalue weighted by Crippen LogP contribution is 2.26. The Labute approximate surface area is 144 Å². The van der Waals surface area contributed by atoms with Gasteiger partial charge in [0.05, 0.1) is 0 Å². The van der Waals surface area contributed by atoms with Gasteiger partial charge in [0.15, 0.2) is 0 Å². The molecular weight excluding hydrogens is 298 g/mol. The lowest BCUT2D eigenvalue weighted by Crippen LogP contribution is -2.51. The molecular formula is C21H27NO2. The number of nitrogens with one attached hydrogen (secondary N) is 1. The van der Waals surface area contributed by atoms with Crippen molar-refractivity contribution in [3.05, 3.63) is 65.2 Å². The normalized spacial score (nSPS) is 23.9. The van der Waals surface area contributed by atoms with Crippen molar-refractivity contribution in [1.82, 2.24) is 5.32 Å². The maximum absolute atomic E-state index is 10.7. The van der Waals surface area contributed by atoms with Crippen LogP contribution in [0, 0.1) is 13.8 Å². The second-order valence-corrected chi connectivity index (χ2v) is 6.82. The number of ether oxygens (including phenoxy) is 1. The smallest absolute Gasteiger partial charge is 0.126 e. The van der Waals surface area contributed by atoms with E-state index in [-0.39, 0.29) is 12.1 Å². The molecule has 2 N–H and O–H groups in total. The SMILES string of the molecule is Cc1ccc(CN[C@H]2CCC[C@@H](Oc3ccccc3C)[C@@H]2O)cc1. The quantitative estimate of drug-likeness (QED) is 0.879. The zero-order chi connectivity index (χ0) is 16.9. The van der Waals surface area contributed by atoms with E-state index in [2.05, 4.69) is 36.5 Å². The van der Waals surface area contributed by atoms with Crippen LogP contribution in [0.4, 0.5) is 0 Å². The van der Waals surface area contributed by atoms with Crippen LogP contribution in [0.5, 0.6) is 5.75 Å². The molecule has 3 nitrogen and oxygen atoms in total. The molecule has 1 aliphatic carbocycles.